The Hall–Kier alpha value is -3.93. The summed E-state index contributed by atoms with van der Waals surface area (Å²) in [4.78, 5) is 29.4. The van der Waals surface area contributed by atoms with Crippen molar-refractivity contribution < 1.29 is 18.7 Å². The van der Waals surface area contributed by atoms with Crippen molar-refractivity contribution in [1.82, 2.24) is 34.6 Å². The summed E-state index contributed by atoms with van der Waals surface area (Å²) in [5.41, 5.74) is 1.32. The van der Waals surface area contributed by atoms with E-state index in [1.165, 1.54) is 19.2 Å². The fourth-order valence-electron chi connectivity index (χ4n) is 4.07. The Morgan fingerprint density at radius 1 is 1.26 bits per heavy atom. The van der Waals surface area contributed by atoms with Gasteiger partial charge in [0.15, 0.2) is 17.5 Å². The number of pyridine rings is 1. The minimum Gasteiger partial charge on any atom is -0.481 e. The molecule has 0 aromatic carbocycles. The van der Waals surface area contributed by atoms with Gasteiger partial charge in [0.2, 0.25) is 0 Å². The van der Waals surface area contributed by atoms with E-state index in [9.17, 15) is 14.3 Å². The van der Waals surface area contributed by atoms with Crippen molar-refractivity contribution in [2.24, 2.45) is 5.92 Å². The number of anilines is 1. The molecule has 0 bridgehead atoms. The number of halogens is 2. The molecule has 5 rings (SSSR count). The Kier molecular flexibility index (Phi) is 5.67. The van der Waals surface area contributed by atoms with Gasteiger partial charge in [-0.3, -0.25) is 9.48 Å². The maximum atomic E-state index is 15.7. The molecule has 12 heteroatoms. The zero-order valence-corrected chi connectivity index (χ0v) is 19.3. The Bertz CT molecular complexity index is 1410. The molecule has 182 valence electrons. The van der Waals surface area contributed by atoms with Gasteiger partial charge in [-0.1, -0.05) is 0 Å². The van der Waals surface area contributed by atoms with E-state index >= 15 is 4.39 Å². The van der Waals surface area contributed by atoms with Crippen molar-refractivity contribution in [3.05, 3.63) is 42.5 Å². The number of nitrogens with one attached hydrogen (secondary N) is 2. The van der Waals surface area contributed by atoms with Gasteiger partial charge < -0.3 is 20.3 Å². The van der Waals surface area contributed by atoms with Gasteiger partial charge >= 0.3 is 5.97 Å². The summed E-state index contributed by atoms with van der Waals surface area (Å²) in [6.07, 6.45) is 5.94. The molecule has 2 unspecified atom stereocenters. The van der Waals surface area contributed by atoms with Crippen LogP contribution in [0.15, 0.2) is 30.9 Å². The van der Waals surface area contributed by atoms with E-state index in [2.05, 4.69) is 35.3 Å². The molecule has 4 aromatic rings. The lowest BCUT2D eigenvalue weighted by molar-refractivity contribution is -0.141. The standard InChI is InChI=1S/C23H24F2N8O2/c1-11(23(34)35)12(2)29-22-18(25)19(13-5-28-33(8-13)15-9-32(3)10-15)30-21(31-22)17-7-27-20-16(17)4-14(24)6-26-20/h4-8,11-12,15H,9-10H2,1-3H3,(H,26,27)(H,34,35)(H,29,30,31). The summed E-state index contributed by atoms with van der Waals surface area (Å²) in [7, 11) is 2.01. The fourth-order valence-corrected chi connectivity index (χ4v) is 4.07. The van der Waals surface area contributed by atoms with Crippen LogP contribution in [0.4, 0.5) is 14.6 Å². The quantitative estimate of drug-likeness (QED) is 0.367. The molecule has 10 nitrogen and oxygen atoms in total. The van der Waals surface area contributed by atoms with E-state index < -0.39 is 29.6 Å². The highest BCUT2D eigenvalue weighted by Gasteiger charge is 2.28. The molecule has 0 saturated carbocycles. The summed E-state index contributed by atoms with van der Waals surface area (Å²) in [5, 5.41) is 17.1. The summed E-state index contributed by atoms with van der Waals surface area (Å²) in [6.45, 7) is 4.83. The highest BCUT2D eigenvalue weighted by molar-refractivity contribution is 5.92. The van der Waals surface area contributed by atoms with Crippen LogP contribution in [0.1, 0.15) is 19.9 Å². The number of carboxylic acids is 1. The SMILES string of the molecule is CC(Nc1nc(-c2c[nH]c3ncc(F)cc23)nc(-c2cnn(C3CN(C)C3)c2)c1F)C(C)C(=O)O. The van der Waals surface area contributed by atoms with Crippen molar-refractivity contribution in [3.63, 3.8) is 0 Å². The first-order chi connectivity index (χ1) is 16.7. The van der Waals surface area contributed by atoms with E-state index in [1.807, 2.05) is 7.05 Å². The second-order valence-electron chi connectivity index (χ2n) is 8.95. The second kappa shape index (κ2) is 8.69. The molecule has 0 amide bonds. The number of carboxylic acid groups (broad SMARTS) is 1. The van der Waals surface area contributed by atoms with Crippen LogP contribution < -0.4 is 5.32 Å². The van der Waals surface area contributed by atoms with Crippen LogP contribution in [0.25, 0.3) is 33.7 Å². The molecule has 35 heavy (non-hydrogen) atoms. The molecule has 4 aromatic heterocycles. The molecule has 1 fully saturated rings. The van der Waals surface area contributed by atoms with E-state index in [0.29, 0.717) is 22.2 Å². The molecule has 1 aliphatic rings. The molecule has 2 atom stereocenters. The number of aromatic nitrogens is 6. The zero-order valence-electron chi connectivity index (χ0n) is 19.3. The number of carbonyl (C=O) groups is 1. The third kappa shape index (κ3) is 4.20. The highest BCUT2D eigenvalue weighted by Crippen LogP contribution is 2.33. The number of likely N-dealkylation sites (N-methyl/N-ethyl adjacent to an activating group) is 1. The number of nitrogens with zero attached hydrogens (tertiary/aromatic N) is 6. The third-order valence-electron chi connectivity index (χ3n) is 6.39. The monoisotopic (exact) mass is 482 g/mol. The van der Waals surface area contributed by atoms with Crippen molar-refractivity contribution in [2.75, 3.05) is 25.5 Å². The molecule has 5 heterocycles. The number of hydrogen-bond acceptors (Lipinski definition) is 7. The Morgan fingerprint density at radius 2 is 2.03 bits per heavy atom. The summed E-state index contributed by atoms with van der Waals surface area (Å²) >= 11 is 0. The predicted molar refractivity (Wildman–Crippen MR) is 125 cm³/mol. The van der Waals surface area contributed by atoms with Crippen LogP contribution in [0, 0.1) is 17.6 Å². The molecule has 3 N–H and O–H groups in total. The van der Waals surface area contributed by atoms with Gasteiger partial charge in [-0.05, 0) is 27.0 Å². The van der Waals surface area contributed by atoms with E-state index in [1.54, 1.807) is 24.0 Å². The van der Waals surface area contributed by atoms with Crippen molar-refractivity contribution >= 4 is 22.8 Å². The van der Waals surface area contributed by atoms with Crippen LogP contribution in [0.2, 0.25) is 0 Å². The number of likely N-dealkylation sites (tertiary alicyclic amines) is 1. The van der Waals surface area contributed by atoms with E-state index in [4.69, 9.17) is 0 Å². The number of fused-ring (bicyclic) bond motifs is 1. The summed E-state index contributed by atoms with van der Waals surface area (Å²) < 4.78 is 31.4. The highest BCUT2D eigenvalue weighted by atomic mass is 19.1. The number of aromatic amines is 1. The lowest BCUT2D eigenvalue weighted by atomic mass is 10.0. The first kappa shape index (κ1) is 22.8. The maximum absolute atomic E-state index is 15.7. The van der Waals surface area contributed by atoms with E-state index in [0.717, 1.165) is 19.3 Å². The molecular weight excluding hydrogens is 458 g/mol. The van der Waals surface area contributed by atoms with Crippen LogP contribution in [0.5, 0.6) is 0 Å². The first-order valence-electron chi connectivity index (χ1n) is 11.1. The van der Waals surface area contributed by atoms with Crippen molar-refractivity contribution in [1.29, 1.82) is 0 Å². The van der Waals surface area contributed by atoms with Gasteiger partial charge in [-0.2, -0.15) is 5.10 Å². The Morgan fingerprint density at radius 3 is 2.74 bits per heavy atom. The number of H-pyrrole nitrogens is 1. The average Bonchev–Trinajstić information content (AvgIpc) is 3.44. The third-order valence-corrected chi connectivity index (χ3v) is 6.39. The topological polar surface area (TPSA) is 125 Å². The van der Waals surface area contributed by atoms with Crippen LogP contribution in [0.3, 0.4) is 0 Å². The number of rotatable bonds is 7. The molecular formula is C23H24F2N8O2. The second-order valence-corrected chi connectivity index (χ2v) is 8.95. The summed E-state index contributed by atoms with van der Waals surface area (Å²) in [6, 6.07) is 0.858. The van der Waals surface area contributed by atoms with Crippen LogP contribution in [-0.4, -0.2) is 71.9 Å². The first-order valence-corrected chi connectivity index (χ1v) is 11.1. The number of hydrogen-bond donors (Lipinski definition) is 3. The molecule has 0 aliphatic carbocycles. The van der Waals surface area contributed by atoms with Crippen LogP contribution >= 0.6 is 0 Å². The normalized spacial score (nSPS) is 16.3. The Labute approximate surface area is 199 Å². The van der Waals surface area contributed by atoms with Gasteiger partial charge in [0.25, 0.3) is 0 Å². The number of aliphatic carboxylic acids is 1. The summed E-state index contributed by atoms with van der Waals surface area (Å²) in [5.74, 6) is -3.11. The van der Waals surface area contributed by atoms with Crippen molar-refractivity contribution in [3.8, 4) is 22.6 Å². The van der Waals surface area contributed by atoms with Gasteiger partial charge in [0.05, 0.1) is 24.4 Å². The largest absolute Gasteiger partial charge is 0.481 e. The predicted octanol–water partition coefficient (Wildman–Crippen LogP) is 3.17. The fraction of sp³-hybridized carbons (Fsp3) is 0.348. The molecule has 0 spiro atoms. The van der Waals surface area contributed by atoms with E-state index in [-0.39, 0.29) is 23.4 Å². The minimum atomic E-state index is -1.02. The molecule has 0 radical (unpaired) electrons. The van der Waals surface area contributed by atoms with Crippen LogP contribution in [-0.2, 0) is 4.79 Å². The minimum absolute atomic E-state index is 0.00492. The maximum Gasteiger partial charge on any atom is 0.308 e. The smallest absolute Gasteiger partial charge is 0.308 e. The Balaban J connectivity index is 1.61. The molecule has 1 saturated heterocycles. The zero-order chi connectivity index (χ0) is 24.9. The van der Waals surface area contributed by atoms with Gasteiger partial charge in [-0.25, -0.2) is 23.7 Å². The average molecular weight is 482 g/mol. The lowest BCUT2D eigenvalue weighted by Crippen LogP contribution is -2.45. The van der Waals surface area contributed by atoms with Crippen molar-refractivity contribution in [2.45, 2.75) is 25.9 Å². The van der Waals surface area contributed by atoms with Gasteiger partial charge in [0.1, 0.15) is 17.2 Å². The van der Waals surface area contributed by atoms with Gasteiger partial charge in [0, 0.05) is 48.0 Å². The lowest BCUT2D eigenvalue weighted by Gasteiger charge is -2.36. The van der Waals surface area contributed by atoms with Gasteiger partial charge in [-0.15, -0.1) is 0 Å². The molecule has 1 aliphatic heterocycles.